The van der Waals surface area contributed by atoms with Gasteiger partial charge in [-0.2, -0.15) is 0 Å². The molecule has 1 saturated heterocycles. The zero-order chi connectivity index (χ0) is 13.2. The van der Waals surface area contributed by atoms with Crippen molar-refractivity contribution in [2.24, 2.45) is 0 Å². The third-order valence-corrected chi connectivity index (χ3v) is 4.69. The third kappa shape index (κ3) is 2.62. The summed E-state index contributed by atoms with van der Waals surface area (Å²) in [4.78, 5) is 14.4. The zero-order valence-corrected chi connectivity index (χ0v) is 11.3. The lowest BCUT2D eigenvalue weighted by Crippen LogP contribution is -2.40. The Morgan fingerprint density at radius 3 is 2.79 bits per heavy atom. The van der Waals surface area contributed by atoms with E-state index in [1.54, 1.807) is 0 Å². The average molecular weight is 277 g/mol. The lowest BCUT2D eigenvalue weighted by Gasteiger charge is -2.24. The number of fused-ring (bicyclic) bond motifs is 1. The van der Waals surface area contributed by atoms with Crippen molar-refractivity contribution in [3.63, 3.8) is 0 Å². The van der Waals surface area contributed by atoms with Gasteiger partial charge in [0.1, 0.15) is 11.8 Å². The molecule has 2 heterocycles. The lowest BCUT2D eigenvalue weighted by molar-refractivity contribution is 0.0937. The molecular formula is C14H15NO3S. The van der Waals surface area contributed by atoms with E-state index in [0.29, 0.717) is 23.6 Å². The maximum atomic E-state index is 12.3. The first-order valence-electron chi connectivity index (χ1n) is 6.31. The molecule has 4 nitrogen and oxygen atoms in total. The molecule has 0 atom stereocenters. The summed E-state index contributed by atoms with van der Waals surface area (Å²) in [5.41, 5.74) is 1.38. The van der Waals surface area contributed by atoms with Gasteiger partial charge in [0.15, 0.2) is 5.78 Å². The number of para-hydroxylation sites is 1. The zero-order valence-electron chi connectivity index (χ0n) is 10.5. The number of hydrogen-bond acceptors (Lipinski definition) is 4. The fourth-order valence-corrected chi connectivity index (χ4v) is 3.44. The smallest absolute Gasteiger partial charge is 0.180 e. The van der Waals surface area contributed by atoms with Crippen LogP contribution in [-0.4, -0.2) is 46.0 Å². The van der Waals surface area contributed by atoms with Crippen LogP contribution in [0.1, 0.15) is 10.4 Å². The summed E-state index contributed by atoms with van der Waals surface area (Å²) in [6.07, 6.45) is 1.54. The topological polar surface area (TPSA) is 50.5 Å². The van der Waals surface area contributed by atoms with Gasteiger partial charge in [-0.1, -0.05) is 18.2 Å². The summed E-state index contributed by atoms with van der Waals surface area (Å²) in [6, 6.07) is 7.55. The van der Waals surface area contributed by atoms with Crippen LogP contribution in [0.4, 0.5) is 0 Å². The Bertz CT molecular complexity index is 624. The highest BCUT2D eigenvalue weighted by Crippen LogP contribution is 2.21. The number of nitrogens with zero attached hydrogens (tertiary/aromatic N) is 1. The van der Waals surface area contributed by atoms with Crippen LogP contribution in [0.2, 0.25) is 0 Å². The first-order valence-corrected chi connectivity index (χ1v) is 7.79. The Morgan fingerprint density at radius 1 is 1.26 bits per heavy atom. The largest absolute Gasteiger partial charge is 0.464 e. The maximum Gasteiger partial charge on any atom is 0.180 e. The molecule has 100 valence electrons. The molecule has 0 bridgehead atoms. The second-order valence-electron chi connectivity index (χ2n) is 4.69. The van der Waals surface area contributed by atoms with Crippen LogP contribution in [0.5, 0.6) is 0 Å². The van der Waals surface area contributed by atoms with E-state index in [2.05, 4.69) is 4.90 Å². The van der Waals surface area contributed by atoms with Crippen molar-refractivity contribution in [1.82, 2.24) is 4.90 Å². The highest BCUT2D eigenvalue weighted by molar-refractivity contribution is 7.85. The van der Waals surface area contributed by atoms with Crippen LogP contribution in [0.3, 0.4) is 0 Å². The summed E-state index contributed by atoms with van der Waals surface area (Å²) in [5.74, 6) is 1.40. The van der Waals surface area contributed by atoms with Gasteiger partial charge in [0.25, 0.3) is 0 Å². The Morgan fingerprint density at radius 2 is 2.00 bits per heavy atom. The minimum Gasteiger partial charge on any atom is -0.464 e. The molecule has 5 heteroatoms. The SMILES string of the molecule is O=C(CN1CCS(=O)CC1)c1coc2ccccc12. The van der Waals surface area contributed by atoms with Gasteiger partial charge in [0.05, 0.1) is 12.1 Å². The highest BCUT2D eigenvalue weighted by Gasteiger charge is 2.20. The number of carbonyl (C=O) groups is 1. The maximum absolute atomic E-state index is 12.3. The first kappa shape index (κ1) is 12.6. The molecule has 19 heavy (non-hydrogen) atoms. The van der Waals surface area contributed by atoms with Gasteiger partial charge in [0, 0.05) is 40.8 Å². The van der Waals surface area contributed by atoms with Crippen LogP contribution in [0.25, 0.3) is 11.0 Å². The van der Waals surface area contributed by atoms with Crippen LogP contribution in [0, 0.1) is 0 Å². The van der Waals surface area contributed by atoms with E-state index in [9.17, 15) is 9.00 Å². The number of carbonyl (C=O) groups excluding carboxylic acids is 1. The van der Waals surface area contributed by atoms with Crippen molar-refractivity contribution in [3.8, 4) is 0 Å². The second kappa shape index (κ2) is 5.27. The molecule has 1 fully saturated rings. The molecule has 1 aliphatic heterocycles. The van der Waals surface area contributed by atoms with Crippen LogP contribution in [0.15, 0.2) is 34.9 Å². The Kier molecular flexibility index (Phi) is 3.48. The summed E-state index contributed by atoms with van der Waals surface area (Å²) >= 11 is 0. The van der Waals surface area contributed by atoms with E-state index >= 15 is 0 Å². The number of furan rings is 1. The molecule has 2 aromatic rings. The molecule has 0 spiro atoms. The van der Waals surface area contributed by atoms with Crippen molar-refractivity contribution in [3.05, 3.63) is 36.1 Å². The van der Waals surface area contributed by atoms with Gasteiger partial charge >= 0.3 is 0 Å². The van der Waals surface area contributed by atoms with Gasteiger partial charge in [-0.05, 0) is 6.07 Å². The highest BCUT2D eigenvalue weighted by atomic mass is 32.2. The molecule has 0 N–H and O–H groups in total. The minimum absolute atomic E-state index is 0.0673. The molecule has 0 radical (unpaired) electrons. The van der Waals surface area contributed by atoms with Gasteiger partial charge in [-0.25, -0.2) is 0 Å². The van der Waals surface area contributed by atoms with Crippen LogP contribution >= 0.6 is 0 Å². The molecular weight excluding hydrogens is 262 g/mol. The average Bonchev–Trinajstić information content (AvgIpc) is 2.85. The van der Waals surface area contributed by atoms with Gasteiger partial charge in [0.2, 0.25) is 0 Å². The Balaban J connectivity index is 1.75. The van der Waals surface area contributed by atoms with E-state index in [0.717, 1.165) is 24.1 Å². The minimum atomic E-state index is -0.706. The second-order valence-corrected chi connectivity index (χ2v) is 6.39. The molecule has 0 aliphatic carbocycles. The van der Waals surface area contributed by atoms with Gasteiger partial charge in [-0.3, -0.25) is 13.9 Å². The number of rotatable bonds is 3. The van der Waals surface area contributed by atoms with Crippen LogP contribution < -0.4 is 0 Å². The summed E-state index contributed by atoms with van der Waals surface area (Å²) in [5, 5.41) is 0.869. The quantitative estimate of drug-likeness (QED) is 0.801. The first-order chi connectivity index (χ1) is 9.24. The van der Waals surface area contributed by atoms with E-state index in [4.69, 9.17) is 4.42 Å². The van der Waals surface area contributed by atoms with E-state index in [-0.39, 0.29) is 5.78 Å². The summed E-state index contributed by atoms with van der Waals surface area (Å²) < 4.78 is 16.7. The molecule has 1 aromatic carbocycles. The van der Waals surface area contributed by atoms with Crippen LogP contribution in [-0.2, 0) is 10.8 Å². The van der Waals surface area contributed by atoms with Crippen molar-refractivity contribution in [2.75, 3.05) is 31.1 Å². The number of benzene rings is 1. The molecule has 3 rings (SSSR count). The predicted molar refractivity (Wildman–Crippen MR) is 74.9 cm³/mol. The molecule has 1 aromatic heterocycles. The van der Waals surface area contributed by atoms with E-state index < -0.39 is 10.8 Å². The van der Waals surface area contributed by atoms with Crippen molar-refractivity contribution < 1.29 is 13.4 Å². The number of ketones is 1. The summed E-state index contributed by atoms with van der Waals surface area (Å²) in [7, 11) is -0.706. The monoisotopic (exact) mass is 277 g/mol. The van der Waals surface area contributed by atoms with Crippen molar-refractivity contribution in [2.45, 2.75) is 0 Å². The third-order valence-electron chi connectivity index (χ3n) is 3.42. The van der Waals surface area contributed by atoms with Gasteiger partial charge in [-0.15, -0.1) is 0 Å². The van der Waals surface area contributed by atoms with E-state index in [1.807, 2.05) is 24.3 Å². The van der Waals surface area contributed by atoms with E-state index in [1.165, 1.54) is 6.26 Å². The Labute approximate surface area is 113 Å². The number of hydrogen-bond donors (Lipinski definition) is 0. The number of Topliss-reactive ketones (excluding diaryl/α,β-unsaturated/α-hetero) is 1. The van der Waals surface area contributed by atoms with Crippen molar-refractivity contribution >= 4 is 27.6 Å². The molecule has 0 saturated carbocycles. The molecule has 0 unspecified atom stereocenters. The Hall–Kier alpha value is -1.46. The fraction of sp³-hybridized carbons (Fsp3) is 0.357. The fourth-order valence-electron chi connectivity index (χ4n) is 2.32. The standard InChI is InChI=1S/C14H15NO3S/c16-13(9-15-5-7-19(17)8-6-15)12-10-18-14-4-2-1-3-11(12)14/h1-4,10H,5-9H2. The molecule has 0 amide bonds. The van der Waals surface area contributed by atoms with Gasteiger partial charge < -0.3 is 4.42 Å². The van der Waals surface area contributed by atoms with Crippen molar-refractivity contribution in [1.29, 1.82) is 0 Å². The summed E-state index contributed by atoms with van der Waals surface area (Å²) in [6.45, 7) is 1.84. The normalized spacial score (nSPS) is 17.9. The predicted octanol–water partition coefficient (Wildman–Crippen LogP) is 1.68. The lowest BCUT2D eigenvalue weighted by atomic mass is 10.1. The molecule has 1 aliphatic rings.